The Hall–Kier alpha value is -0.730. The number of hydrogen-bond acceptors (Lipinski definition) is 1. The van der Waals surface area contributed by atoms with Crippen LogP contribution in [-0.2, 0) is 0 Å². The first-order valence-corrected chi connectivity index (χ1v) is 7.19. The maximum atomic E-state index is 12.2. The number of carbonyl (C=O) groups is 1. The molecule has 0 radical (unpaired) electrons. The van der Waals surface area contributed by atoms with Crippen molar-refractivity contribution in [2.24, 2.45) is 0 Å². The van der Waals surface area contributed by atoms with Crippen molar-refractivity contribution in [2.45, 2.75) is 44.6 Å². The van der Waals surface area contributed by atoms with E-state index in [1.807, 2.05) is 0 Å². The van der Waals surface area contributed by atoms with Crippen LogP contribution >= 0.6 is 23.2 Å². The third kappa shape index (κ3) is 3.39. The number of hydrogen-bond donors (Lipinski definition) is 1. The summed E-state index contributed by atoms with van der Waals surface area (Å²) in [4.78, 5) is 12.2. The van der Waals surface area contributed by atoms with Crippen LogP contribution in [0.1, 0.15) is 48.9 Å². The predicted molar refractivity (Wildman–Crippen MR) is 75.4 cm³/mol. The molecule has 2 rings (SSSR count). The third-order valence-corrected chi connectivity index (χ3v) is 4.01. The highest BCUT2D eigenvalue weighted by Gasteiger charge is 2.19. The Morgan fingerprint density at radius 3 is 2.17 bits per heavy atom. The minimum absolute atomic E-state index is 0.155. The van der Waals surface area contributed by atoms with Crippen molar-refractivity contribution in [3.63, 3.8) is 0 Å². The fourth-order valence-electron chi connectivity index (χ4n) is 2.40. The molecule has 1 saturated carbocycles. The predicted octanol–water partition coefficient (Wildman–Crippen LogP) is 4.45. The summed E-state index contributed by atoms with van der Waals surface area (Å²) in [6.07, 6.45) is 6.99. The smallest absolute Gasteiger partial charge is 0.254 e. The van der Waals surface area contributed by atoms with E-state index in [9.17, 15) is 4.79 Å². The third-order valence-electron chi connectivity index (χ3n) is 3.38. The molecule has 1 aliphatic carbocycles. The van der Waals surface area contributed by atoms with Gasteiger partial charge in [-0.05, 0) is 25.0 Å². The molecule has 2 nitrogen and oxygen atoms in total. The van der Waals surface area contributed by atoms with Crippen LogP contribution in [0.3, 0.4) is 0 Å². The molecule has 1 aromatic carbocycles. The van der Waals surface area contributed by atoms with Crippen LogP contribution in [0.4, 0.5) is 0 Å². The van der Waals surface area contributed by atoms with E-state index < -0.39 is 0 Å². The average Bonchev–Trinajstić information content (AvgIpc) is 2.57. The van der Waals surface area contributed by atoms with Crippen molar-refractivity contribution in [1.82, 2.24) is 5.32 Å². The summed E-state index contributed by atoms with van der Waals surface area (Å²) >= 11 is 12.1. The van der Waals surface area contributed by atoms with Crippen molar-refractivity contribution in [2.75, 3.05) is 0 Å². The molecule has 1 N–H and O–H groups in total. The summed E-state index contributed by atoms with van der Waals surface area (Å²) < 4.78 is 0. The van der Waals surface area contributed by atoms with E-state index >= 15 is 0 Å². The summed E-state index contributed by atoms with van der Waals surface area (Å²) in [6, 6.07) is 5.38. The second-order valence-electron chi connectivity index (χ2n) is 4.76. The monoisotopic (exact) mass is 285 g/mol. The van der Waals surface area contributed by atoms with Crippen molar-refractivity contribution in [3.8, 4) is 0 Å². The molecule has 0 spiro atoms. The molecule has 0 saturated heterocycles. The maximum absolute atomic E-state index is 12.2. The molecule has 0 heterocycles. The molecule has 1 aliphatic rings. The van der Waals surface area contributed by atoms with E-state index in [0.29, 0.717) is 15.6 Å². The Labute approximate surface area is 118 Å². The molecule has 4 heteroatoms. The van der Waals surface area contributed by atoms with Gasteiger partial charge in [0.15, 0.2) is 0 Å². The van der Waals surface area contributed by atoms with Crippen LogP contribution in [0, 0.1) is 0 Å². The highest BCUT2D eigenvalue weighted by molar-refractivity contribution is 6.39. The molecule has 1 fully saturated rings. The number of carbonyl (C=O) groups excluding carboxylic acids is 1. The van der Waals surface area contributed by atoms with E-state index in [1.165, 1.54) is 25.7 Å². The number of benzene rings is 1. The minimum atomic E-state index is -0.155. The Kier molecular flexibility index (Phi) is 4.90. The van der Waals surface area contributed by atoms with Gasteiger partial charge in [-0.25, -0.2) is 0 Å². The van der Waals surface area contributed by atoms with Gasteiger partial charge in [-0.15, -0.1) is 0 Å². The molecular formula is C14H17Cl2NO. The fourth-order valence-corrected chi connectivity index (χ4v) is 2.97. The lowest BCUT2D eigenvalue weighted by molar-refractivity contribution is 0.0933. The van der Waals surface area contributed by atoms with E-state index in [2.05, 4.69) is 5.32 Å². The number of rotatable bonds is 2. The van der Waals surface area contributed by atoms with Gasteiger partial charge in [0.2, 0.25) is 0 Å². The van der Waals surface area contributed by atoms with Gasteiger partial charge in [-0.3, -0.25) is 4.79 Å². The van der Waals surface area contributed by atoms with E-state index in [-0.39, 0.29) is 11.9 Å². The van der Waals surface area contributed by atoms with Crippen LogP contribution in [0.5, 0.6) is 0 Å². The zero-order valence-corrected chi connectivity index (χ0v) is 11.7. The molecule has 0 aliphatic heterocycles. The Morgan fingerprint density at radius 1 is 1.06 bits per heavy atom. The van der Waals surface area contributed by atoms with Gasteiger partial charge in [-0.2, -0.15) is 0 Å². The van der Waals surface area contributed by atoms with Gasteiger partial charge in [0.1, 0.15) is 0 Å². The lowest BCUT2D eigenvalue weighted by Gasteiger charge is -2.17. The summed E-state index contributed by atoms with van der Waals surface area (Å²) in [7, 11) is 0. The molecule has 1 amide bonds. The molecule has 0 aromatic heterocycles. The second-order valence-corrected chi connectivity index (χ2v) is 5.57. The highest BCUT2D eigenvalue weighted by atomic mass is 35.5. The number of halogens is 2. The SMILES string of the molecule is O=C(NC1CCCCCC1)c1c(Cl)cccc1Cl. The lowest BCUT2D eigenvalue weighted by atomic mass is 10.1. The normalized spacial score (nSPS) is 17.2. The van der Waals surface area contributed by atoms with Gasteiger partial charge in [0.05, 0.1) is 15.6 Å². The van der Waals surface area contributed by atoms with Crippen molar-refractivity contribution < 1.29 is 4.79 Å². The highest BCUT2D eigenvalue weighted by Crippen LogP contribution is 2.25. The largest absolute Gasteiger partial charge is 0.349 e. The van der Waals surface area contributed by atoms with Crippen molar-refractivity contribution in [1.29, 1.82) is 0 Å². The van der Waals surface area contributed by atoms with Crippen molar-refractivity contribution >= 4 is 29.1 Å². The Balaban J connectivity index is 2.07. The quantitative estimate of drug-likeness (QED) is 0.800. The number of amides is 1. The summed E-state index contributed by atoms with van der Waals surface area (Å²) in [6.45, 7) is 0. The van der Waals surface area contributed by atoms with E-state index in [4.69, 9.17) is 23.2 Å². The molecule has 0 atom stereocenters. The van der Waals surface area contributed by atoms with E-state index in [0.717, 1.165) is 12.8 Å². The fraction of sp³-hybridized carbons (Fsp3) is 0.500. The molecule has 98 valence electrons. The maximum Gasteiger partial charge on any atom is 0.254 e. The Bertz CT molecular complexity index is 406. The topological polar surface area (TPSA) is 29.1 Å². The molecule has 0 bridgehead atoms. The first-order chi connectivity index (χ1) is 8.68. The van der Waals surface area contributed by atoms with Crippen LogP contribution in [0.15, 0.2) is 18.2 Å². The first kappa shape index (κ1) is 13.7. The zero-order valence-electron chi connectivity index (χ0n) is 10.2. The van der Waals surface area contributed by atoms with Gasteiger partial charge in [0.25, 0.3) is 5.91 Å². The summed E-state index contributed by atoms with van der Waals surface area (Å²) in [5.74, 6) is -0.155. The minimum Gasteiger partial charge on any atom is -0.349 e. The van der Waals surface area contributed by atoms with Gasteiger partial charge in [-0.1, -0.05) is 55.0 Å². The molecule has 1 aromatic rings. The molecular weight excluding hydrogens is 269 g/mol. The van der Waals surface area contributed by atoms with Crippen LogP contribution in [0.25, 0.3) is 0 Å². The van der Waals surface area contributed by atoms with Crippen LogP contribution < -0.4 is 5.32 Å². The average molecular weight is 286 g/mol. The Morgan fingerprint density at radius 2 is 1.61 bits per heavy atom. The summed E-state index contributed by atoms with van der Waals surface area (Å²) in [5.41, 5.74) is 0.394. The zero-order chi connectivity index (χ0) is 13.0. The molecule has 0 unspecified atom stereocenters. The standard InChI is InChI=1S/C14H17Cl2NO/c15-11-8-5-9-12(16)13(11)14(18)17-10-6-3-1-2-4-7-10/h5,8-10H,1-4,6-7H2,(H,17,18). The van der Waals surface area contributed by atoms with Gasteiger partial charge >= 0.3 is 0 Å². The van der Waals surface area contributed by atoms with Crippen LogP contribution in [0.2, 0.25) is 10.0 Å². The summed E-state index contributed by atoms with van der Waals surface area (Å²) in [5, 5.41) is 3.87. The first-order valence-electron chi connectivity index (χ1n) is 6.43. The van der Waals surface area contributed by atoms with E-state index in [1.54, 1.807) is 18.2 Å². The van der Waals surface area contributed by atoms with Gasteiger partial charge < -0.3 is 5.32 Å². The van der Waals surface area contributed by atoms with Crippen LogP contribution in [-0.4, -0.2) is 11.9 Å². The van der Waals surface area contributed by atoms with Gasteiger partial charge in [0, 0.05) is 6.04 Å². The number of nitrogens with one attached hydrogen (secondary N) is 1. The molecule has 18 heavy (non-hydrogen) atoms. The van der Waals surface area contributed by atoms with Crippen molar-refractivity contribution in [3.05, 3.63) is 33.8 Å². The lowest BCUT2D eigenvalue weighted by Crippen LogP contribution is -2.34. The second kappa shape index (κ2) is 6.44.